The van der Waals surface area contributed by atoms with Crippen LogP contribution in [0.25, 0.3) is 0 Å². The predicted molar refractivity (Wildman–Crippen MR) is 104 cm³/mol. The third-order valence-corrected chi connectivity index (χ3v) is 5.74. The van der Waals surface area contributed by atoms with E-state index < -0.39 is 0 Å². The molecule has 0 aliphatic carbocycles. The van der Waals surface area contributed by atoms with Gasteiger partial charge in [0.2, 0.25) is 0 Å². The number of aromatic nitrogens is 9. The van der Waals surface area contributed by atoms with E-state index in [-0.39, 0.29) is 5.92 Å². The minimum absolute atomic E-state index is 0.175. The van der Waals surface area contributed by atoms with Crippen LogP contribution in [0.2, 0.25) is 0 Å². The average molecular weight is 412 g/mol. The molecule has 0 aliphatic heterocycles. The summed E-state index contributed by atoms with van der Waals surface area (Å²) < 4.78 is 5.68. The van der Waals surface area contributed by atoms with Crippen LogP contribution in [0.3, 0.4) is 0 Å². The molecule has 0 atom stereocenters. The van der Waals surface area contributed by atoms with E-state index in [1.807, 2.05) is 34.8 Å². The van der Waals surface area contributed by atoms with Crippen molar-refractivity contribution in [2.24, 2.45) is 21.1 Å². The van der Waals surface area contributed by atoms with Gasteiger partial charge in [-0.25, -0.2) is 0 Å². The fourth-order valence-corrected chi connectivity index (χ4v) is 3.30. The zero-order valence-corrected chi connectivity index (χ0v) is 17.5. The molecule has 0 unspecified atom stereocenters. The Morgan fingerprint density at radius 1 is 0.654 bits per heavy atom. The third-order valence-electron chi connectivity index (χ3n) is 4.57. The highest BCUT2D eigenvalue weighted by molar-refractivity contribution is 7.80. The fourth-order valence-electron chi connectivity index (χ4n) is 2.84. The van der Waals surface area contributed by atoms with Crippen molar-refractivity contribution >= 4 is 37.9 Å². The zero-order valence-electron chi connectivity index (χ0n) is 14.8. The second-order valence-electron chi connectivity index (χ2n) is 6.14. The monoisotopic (exact) mass is 411 g/mol. The maximum atomic E-state index is 4.34. The van der Waals surface area contributed by atoms with Gasteiger partial charge in [0, 0.05) is 39.9 Å². The van der Waals surface area contributed by atoms with Crippen LogP contribution in [0.5, 0.6) is 0 Å². The summed E-state index contributed by atoms with van der Waals surface area (Å²) in [6, 6.07) is 0. The molecule has 0 fully saturated rings. The lowest BCUT2D eigenvalue weighted by Crippen LogP contribution is -2.12. The van der Waals surface area contributed by atoms with Gasteiger partial charge in [0.1, 0.15) is 17.5 Å². The summed E-state index contributed by atoms with van der Waals surface area (Å²) in [5, 5.41) is 26.6. The Morgan fingerprint density at radius 2 is 1.08 bits per heavy atom. The Hall–Kier alpha value is -1.53. The van der Waals surface area contributed by atoms with Crippen LogP contribution in [-0.2, 0) is 34.0 Å². The van der Waals surface area contributed by atoms with Gasteiger partial charge in [0.15, 0.2) is 15.5 Å². The van der Waals surface area contributed by atoms with E-state index >= 15 is 0 Å². The van der Waals surface area contributed by atoms with Gasteiger partial charge in [-0.05, 0) is 12.8 Å². The lowest BCUT2D eigenvalue weighted by molar-refractivity contribution is 0.503. The molecule has 140 valence electrons. The van der Waals surface area contributed by atoms with Crippen LogP contribution in [-0.4, -0.2) is 44.3 Å². The minimum atomic E-state index is 0.175. The van der Waals surface area contributed by atoms with Gasteiger partial charge < -0.3 is 13.7 Å². The second-order valence-corrected chi connectivity index (χ2v) is 7.34. The number of hydrogen-bond donors (Lipinski definition) is 3. The van der Waals surface area contributed by atoms with E-state index in [4.69, 9.17) is 0 Å². The van der Waals surface area contributed by atoms with Crippen molar-refractivity contribution in [1.29, 1.82) is 0 Å². The molecule has 0 aliphatic rings. The normalized spacial score (nSPS) is 11.7. The zero-order chi connectivity index (χ0) is 18.8. The molecule has 0 saturated carbocycles. The molecule has 0 radical (unpaired) electrons. The first-order valence-electron chi connectivity index (χ1n) is 8.11. The lowest BCUT2D eigenvalue weighted by Gasteiger charge is -2.16. The molecule has 0 N–H and O–H groups in total. The molecular weight excluding hydrogens is 390 g/mol. The van der Waals surface area contributed by atoms with Crippen LogP contribution in [0.15, 0.2) is 15.5 Å². The van der Waals surface area contributed by atoms with E-state index in [1.165, 1.54) is 0 Å². The number of thiol groups is 3. The summed E-state index contributed by atoms with van der Waals surface area (Å²) in [6.07, 6.45) is 3.23. The second kappa shape index (κ2) is 8.01. The van der Waals surface area contributed by atoms with Gasteiger partial charge in [-0.1, -0.05) is 0 Å². The first-order valence-corrected chi connectivity index (χ1v) is 9.45. The maximum absolute atomic E-state index is 4.34. The van der Waals surface area contributed by atoms with Crippen molar-refractivity contribution in [2.45, 2.75) is 47.1 Å². The Balaban J connectivity index is 1.76. The SMILES string of the molecule is Cn1c(S)nnc1CCC(CCc1nnc(S)n1C)c1nnc(S)n1C. The third kappa shape index (κ3) is 3.91. The highest BCUT2D eigenvalue weighted by Crippen LogP contribution is 2.26. The molecule has 0 aromatic carbocycles. The average Bonchev–Trinajstić information content (AvgIpc) is 3.24. The molecule has 3 aromatic rings. The van der Waals surface area contributed by atoms with Crippen LogP contribution < -0.4 is 0 Å². The van der Waals surface area contributed by atoms with Gasteiger partial charge in [-0.2, -0.15) is 0 Å². The number of aryl methyl sites for hydroxylation is 2. The van der Waals surface area contributed by atoms with Gasteiger partial charge in [0.05, 0.1) is 0 Å². The highest BCUT2D eigenvalue weighted by Gasteiger charge is 2.21. The van der Waals surface area contributed by atoms with E-state index in [2.05, 4.69) is 68.5 Å². The number of nitrogens with zero attached hydrogens (tertiary/aromatic N) is 9. The molecule has 3 rings (SSSR count). The van der Waals surface area contributed by atoms with Crippen LogP contribution in [0.4, 0.5) is 0 Å². The van der Waals surface area contributed by atoms with Crippen molar-refractivity contribution in [2.75, 3.05) is 0 Å². The Morgan fingerprint density at radius 3 is 1.42 bits per heavy atom. The predicted octanol–water partition coefficient (Wildman–Crippen LogP) is 1.29. The van der Waals surface area contributed by atoms with E-state index in [9.17, 15) is 0 Å². The Labute approximate surface area is 167 Å². The molecule has 0 amide bonds. The largest absolute Gasteiger partial charge is 0.309 e. The molecule has 0 bridgehead atoms. The van der Waals surface area contributed by atoms with Crippen LogP contribution >= 0.6 is 37.9 Å². The fraction of sp³-hybridized carbons (Fsp3) is 0.571. The molecule has 0 spiro atoms. The van der Waals surface area contributed by atoms with Crippen molar-refractivity contribution in [1.82, 2.24) is 44.3 Å². The van der Waals surface area contributed by atoms with E-state index in [0.29, 0.717) is 15.5 Å². The van der Waals surface area contributed by atoms with E-state index in [0.717, 1.165) is 43.2 Å². The first-order chi connectivity index (χ1) is 12.4. The summed E-state index contributed by atoms with van der Waals surface area (Å²) in [5.74, 6) is 2.86. The summed E-state index contributed by atoms with van der Waals surface area (Å²) >= 11 is 12.9. The van der Waals surface area contributed by atoms with Gasteiger partial charge in [0.25, 0.3) is 0 Å². The molecule has 3 aromatic heterocycles. The lowest BCUT2D eigenvalue weighted by atomic mass is 9.96. The van der Waals surface area contributed by atoms with Crippen molar-refractivity contribution < 1.29 is 0 Å². The highest BCUT2D eigenvalue weighted by atomic mass is 32.1. The molecule has 12 heteroatoms. The van der Waals surface area contributed by atoms with Crippen LogP contribution in [0.1, 0.15) is 36.2 Å². The number of rotatable bonds is 7. The molecule has 26 heavy (non-hydrogen) atoms. The van der Waals surface area contributed by atoms with Crippen molar-refractivity contribution in [3.05, 3.63) is 17.5 Å². The first kappa shape index (κ1) is 19.2. The molecule has 3 heterocycles. The summed E-state index contributed by atoms with van der Waals surface area (Å²) in [7, 11) is 5.75. The smallest absolute Gasteiger partial charge is 0.187 e. The summed E-state index contributed by atoms with van der Waals surface area (Å²) in [5.41, 5.74) is 0. The summed E-state index contributed by atoms with van der Waals surface area (Å²) in [4.78, 5) is 0. The topological polar surface area (TPSA) is 92.1 Å². The van der Waals surface area contributed by atoms with Crippen molar-refractivity contribution in [3.63, 3.8) is 0 Å². The van der Waals surface area contributed by atoms with Gasteiger partial charge in [-0.15, -0.1) is 68.5 Å². The van der Waals surface area contributed by atoms with Crippen molar-refractivity contribution in [3.8, 4) is 0 Å². The van der Waals surface area contributed by atoms with Crippen LogP contribution in [0, 0.1) is 0 Å². The Bertz CT molecular complexity index is 847. The molecule has 9 nitrogen and oxygen atoms in total. The standard InChI is InChI=1S/C14H21N9S3/c1-21-9(15-18-12(21)24)6-4-8(11-17-20-14(26)23(11)3)5-7-10-16-19-13(25)22(10)2/h8H,4-7H2,1-3H3,(H,18,24)(H,19,25)(H,20,26). The quantitative estimate of drug-likeness (QED) is 0.508. The maximum Gasteiger partial charge on any atom is 0.187 e. The van der Waals surface area contributed by atoms with Gasteiger partial charge in [-0.3, -0.25) is 0 Å². The number of hydrogen-bond acceptors (Lipinski definition) is 9. The molecule has 0 saturated heterocycles. The van der Waals surface area contributed by atoms with E-state index in [1.54, 1.807) is 0 Å². The summed E-state index contributed by atoms with van der Waals surface area (Å²) in [6.45, 7) is 0. The minimum Gasteiger partial charge on any atom is -0.309 e. The Kier molecular flexibility index (Phi) is 5.92. The molecular formula is C14H21N9S3. The van der Waals surface area contributed by atoms with Gasteiger partial charge >= 0.3 is 0 Å².